The van der Waals surface area contributed by atoms with E-state index >= 15 is 0 Å². The van der Waals surface area contributed by atoms with Gasteiger partial charge in [0.05, 0.1) is 44.2 Å². The highest BCUT2D eigenvalue weighted by atomic mass is 35.5. The van der Waals surface area contributed by atoms with Crippen LogP contribution in [0.15, 0.2) is 54.7 Å². The van der Waals surface area contributed by atoms with E-state index in [1.807, 2.05) is 0 Å². The highest BCUT2D eigenvalue weighted by Gasteiger charge is 2.13. The summed E-state index contributed by atoms with van der Waals surface area (Å²) in [5.41, 5.74) is 3.62. The lowest BCUT2D eigenvalue weighted by atomic mass is 10.1. The van der Waals surface area contributed by atoms with E-state index in [4.69, 9.17) is 31.0 Å². The predicted octanol–water partition coefficient (Wildman–Crippen LogP) is 3.95. The van der Waals surface area contributed by atoms with Crippen LogP contribution in [0.4, 0.5) is 5.69 Å². The molecule has 0 aliphatic rings. The number of carbonyl (C=O) groups excluding carboxylic acids is 2. The van der Waals surface area contributed by atoms with Crippen molar-refractivity contribution >= 4 is 29.1 Å². The molecule has 0 bridgehead atoms. The first-order valence-electron chi connectivity index (χ1n) is 9.79. The van der Waals surface area contributed by atoms with Crippen molar-refractivity contribution in [3.63, 3.8) is 0 Å². The maximum Gasteiger partial charge on any atom is 0.255 e. The van der Waals surface area contributed by atoms with Crippen molar-refractivity contribution < 1.29 is 29.0 Å². The minimum Gasteiger partial charge on any atom is -0.497 e. The smallest absolute Gasteiger partial charge is 0.255 e. The second-order valence-electron chi connectivity index (χ2n) is 6.76. The van der Waals surface area contributed by atoms with Gasteiger partial charge in [-0.1, -0.05) is 11.6 Å². The van der Waals surface area contributed by atoms with Crippen molar-refractivity contribution in [2.75, 3.05) is 26.1 Å². The van der Waals surface area contributed by atoms with Crippen LogP contribution in [0.3, 0.4) is 0 Å². The third kappa shape index (κ3) is 6.34. The number of amides is 2. The Balaban J connectivity index is 1.74. The Morgan fingerprint density at radius 2 is 1.73 bits per heavy atom. The van der Waals surface area contributed by atoms with Gasteiger partial charge in [0.1, 0.15) is 17.2 Å². The molecule has 0 atom stereocenters. The van der Waals surface area contributed by atoms with Crippen molar-refractivity contribution in [1.29, 1.82) is 0 Å². The first-order valence-corrected chi connectivity index (χ1v) is 10.2. The fraction of sp³-hybridized carbons (Fsp3) is 0.174. The zero-order valence-corrected chi connectivity index (χ0v) is 18.7. The summed E-state index contributed by atoms with van der Waals surface area (Å²) in [5.74, 6) is 0.568. The summed E-state index contributed by atoms with van der Waals surface area (Å²) in [5, 5.41) is 11.8. The number of anilines is 1. The molecular weight excluding hydrogens is 450 g/mol. The number of hydrogen-bond donors (Lipinski definition) is 3. The number of hydrogen-bond acceptors (Lipinski definition) is 7. The van der Waals surface area contributed by atoms with Gasteiger partial charge < -0.3 is 19.5 Å². The number of benzene rings is 2. The van der Waals surface area contributed by atoms with Gasteiger partial charge >= 0.3 is 0 Å². The zero-order chi connectivity index (χ0) is 23.8. The van der Waals surface area contributed by atoms with E-state index < -0.39 is 5.91 Å². The number of halogens is 1. The number of nitrogens with zero attached hydrogens (tertiary/aromatic N) is 1. The molecule has 2 amide bonds. The fourth-order valence-corrected chi connectivity index (χ4v) is 3.10. The fourth-order valence-electron chi connectivity index (χ4n) is 2.88. The molecule has 10 heteroatoms. The van der Waals surface area contributed by atoms with Crippen LogP contribution >= 0.6 is 11.6 Å². The van der Waals surface area contributed by atoms with Crippen molar-refractivity contribution in [2.24, 2.45) is 0 Å². The van der Waals surface area contributed by atoms with Crippen molar-refractivity contribution in [1.82, 2.24) is 10.5 Å². The Bertz CT molecular complexity index is 1120. The molecular formula is C23H22ClN3O6. The summed E-state index contributed by atoms with van der Waals surface area (Å²) in [6.45, 7) is 0.0880. The largest absolute Gasteiger partial charge is 0.497 e. The average Bonchev–Trinajstić information content (AvgIpc) is 2.85. The van der Waals surface area contributed by atoms with Crippen molar-refractivity contribution in [3.05, 3.63) is 65.3 Å². The molecule has 33 heavy (non-hydrogen) atoms. The van der Waals surface area contributed by atoms with Gasteiger partial charge in [-0.3, -0.25) is 19.8 Å². The summed E-state index contributed by atoms with van der Waals surface area (Å²) in [4.78, 5) is 28.1. The minimum absolute atomic E-state index is 0.00495. The van der Waals surface area contributed by atoms with Crippen LogP contribution in [0, 0.1) is 0 Å². The van der Waals surface area contributed by atoms with E-state index in [1.54, 1.807) is 48.5 Å². The summed E-state index contributed by atoms with van der Waals surface area (Å²) in [6, 6.07) is 13.4. The van der Waals surface area contributed by atoms with Crippen LogP contribution in [0.5, 0.6) is 17.2 Å². The molecule has 1 aromatic heterocycles. The standard InChI is InChI=1S/C23H22ClN3O6/c1-31-17-9-14(10-18(12-17)32-2)23(29)26-15-3-5-20(24)19(11-15)21-6-4-16(13-25-21)33-8-7-22(28)27-30/h3-6,9-13,30H,7-8H2,1-2H3,(H,26,29)(H,27,28). The second kappa shape index (κ2) is 11.2. The summed E-state index contributed by atoms with van der Waals surface area (Å²) in [7, 11) is 3.02. The van der Waals surface area contributed by atoms with Crippen LogP contribution < -0.4 is 25.0 Å². The molecule has 3 aromatic rings. The molecule has 3 N–H and O–H groups in total. The van der Waals surface area contributed by atoms with Gasteiger partial charge in [0.2, 0.25) is 5.91 Å². The SMILES string of the molecule is COc1cc(OC)cc(C(=O)Nc2ccc(Cl)c(-c3ccc(OCCC(=O)NO)cn3)c2)c1. The van der Waals surface area contributed by atoms with E-state index in [2.05, 4.69) is 10.3 Å². The van der Waals surface area contributed by atoms with E-state index in [0.717, 1.165) is 0 Å². The van der Waals surface area contributed by atoms with E-state index in [-0.39, 0.29) is 18.9 Å². The molecule has 0 saturated heterocycles. The molecule has 0 fully saturated rings. The third-order valence-electron chi connectivity index (χ3n) is 4.57. The highest BCUT2D eigenvalue weighted by Crippen LogP contribution is 2.31. The quantitative estimate of drug-likeness (QED) is 0.319. The Morgan fingerprint density at radius 1 is 1.00 bits per heavy atom. The van der Waals surface area contributed by atoms with Crippen LogP contribution in [0.2, 0.25) is 5.02 Å². The number of methoxy groups -OCH3 is 2. The topological polar surface area (TPSA) is 119 Å². The zero-order valence-electron chi connectivity index (χ0n) is 17.9. The summed E-state index contributed by atoms with van der Waals surface area (Å²) >= 11 is 6.35. The van der Waals surface area contributed by atoms with Gasteiger partial charge in [-0.2, -0.15) is 0 Å². The molecule has 172 valence electrons. The molecule has 0 spiro atoms. The Morgan fingerprint density at radius 3 is 2.33 bits per heavy atom. The van der Waals surface area contributed by atoms with Crippen LogP contribution in [-0.2, 0) is 4.79 Å². The first-order chi connectivity index (χ1) is 15.9. The Kier molecular flexibility index (Phi) is 8.06. The molecule has 0 radical (unpaired) electrons. The van der Waals surface area contributed by atoms with Crippen molar-refractivity contribution in [3.8, 4) is 28.5 Å². The molecule has 2 aromatic carbocycles. The Hall–Kier alpha value is -3.82. The van der Waals surface area contributed by atoms with Gasteiger partial charge in [0.15, 0.2) is 0 Å². The number of nitrogens with one attached hydrogen (secondary N) is 2. The highest BCUT2D eigenvalue weighted by molar-refractivity contribution is 6.33. The van der Waals surface area contributed by atoms with E-state index in [0.29, 0.717) is 44.8 Å². The van der Waals surface area contributed by atoms with Gasteiger partial charge in [-0.15, -0.1) is 0 Å². The minimum atomic E-state index is -0.544. The van der Waals surface area contributed by atoms with E-state index in [9.17, 15) is 9.59 Å². The number of pyridine rings is 1. The number of hydroxylamine groups is 1. The lowest BCUT2D eigenvalue weighted by molar-refractivity contribution is -0.129. The second-order valence-corrected chi connectivity index (χ2v) is 7.17. The van der Waals surface area contributed by atoms with Gasteiger partial charge in [0, 0.05) is 22.9 Å². The predicted molar refractivity (Wildman–Crippen MR) is 122 cm³/mol. The van der Waals surface area contributed by atoms with Gasteiger partial charge in [-0.05, 0) is 42.5 Å². The lowest BCUT2D eigenvalue weighted by Gasteiger charge is -2.11. The van der Waals surface area contributed by atoms with Gasteiger partial charge in [-0.25, -0.2) is 5.48 Å². The first kappa shape index (κ1) is 23.8. The summed E-state index contributed by atoms with van der Waals surface area (Å²) < 4.78 is 15.8. The molecule has 0 unspecified atom stereocenters. The lowest BCUT2D eigenvalue weighted by Crippen LogP contribution is -2.20. The third-order valence-corrected chi connectivity index (χ3v) is 4.90. The van der Waals surface area contributed by atoms with Gasteiger partial charge in [0.25, 0.3) is 5.91 Å². The van der Waals surface area contributed by atoms with Crippen molar-refractivity contribution in [2.45, 2.75) is 6.42 Å². The number of carbonyl (C=O) groups is 2. The monoisotopic (exact) mass is 471 g/mol. The molecule has 9 nitrogen and oxygen atoms in total. The van der Waals surface area contributed by atoms with E-state index in [1.165, 1.54) is 25.9 Å². The maximum atomic E-state index is 12.8. The Labute approximate surface area is 195 Å². The molecule has 1 heterocycles. The molecule has 0 aliphatic carbocycles. The molecule has 0 saturated carbocycles. The normalized spacial score (nSPS) is 10.3. The molecule has 0 aliphatic heterocycles. The number of rotatable bonds is 9. The number of aromatic nitrogens is 1. The maximum absolute atomic E-state index is 12.8. The van der Waals surface area contributed by atoms with Crippen LogP contribution in [0.1, 0.15) is 16.8 Å². The van der Waals surface area contributed by atoms with Crippen LogP contribution in [0.25, 0.3) is 11.3 Å². The average molecular weight is 472 g/mol. The molecule has 3 rings (SSSR count). The van der Waals surface area contributed by atoms with Crippen LogP contribution in [-0.4, -0.2) is 42.8 Å². The number of ether oxygens (including phenoxy) is 3. The summed E-state index contributed by atoms with van der Waals surface area (Å²) in [6.07, 6.45) is 1.50.